The van der Waals surface area contributed by atoms with E-state index in [-0.39, 0.29) is 16.8 Å². The van der Waals surface area contributed by atoms with E-state index in [1.54, 1.807) is 6.92 Å². The third-order valence-corrected chi connectivity index (χ3v) is 1.82. The Morgan fingerprint density at radius 1 is 1.50 bits per heavy atom. The highest BCUT2D eigenvalue weighted by Crippen LogP contribution is 2.30. The molecule has 0 radical (unpaired) electrons. The van der Waals surface area contributed by atoms with Gasteiger partial charge in [0, 0.05) is 6.54 Å². The van der Waals surface area contributed by atoms with Crippen LogP contribution in [0.15, 0.2) is 0 Å². The molecule has 78 valence electrons. The van der Waals surface area contributed by atoms with Crippen molar-refractivity contribution in [2.24, 2.45) is 0 Å². The van der Waals surface area contributed by atoms with E-state index < -0.39 is 12.1 Å². The molecule has 14 heavy (non-hydrogen) atoms. The molecular weight excluding hydrogens is 214 g/mol. The van der Waals surface area contributed by atoms with E-state index in [4.69, 9.17) is 17.3 Å². The summed E-state index contributed by atoms with van der Waals surface area (Å²) in [6.07, 6.45) is -2.76. The summed E-state index contributed by atoms with van der Waals surface area (Å²) < 4.78 is 24.7. The molecule has 0 spiro atoms. The van der Waals surface area contributed by atoms with Crippen LogP contribution in [0.3, 0.4) is 0 Å². The lowest BCUT2D eigenvalue weighted by Gasteiger charge is -2.08. The van der Waals surface area contributed by atoms with Crippen molar-refractivity contribution >= 4 is 23.4 Å². The van der Waals surface area contributed by atoms with Crippen molar-refractivity contribution < 1.29 is 8.78 Å². The zero-order chi connectivity index (χ0) is 10.7. The number of nitrogens with two attached hydrogens (primary N) is 1. The van der Waals surface area contributed by atoms with E-state index >= 15 is 0 Å². The van der Waals surface area contributed by atoms with Gasteiger partial charge in [-0.2, -0.15) is 4.98 Å². The Balaban J connectivity index is 3.18. The quantitative estimate of drug-likeness (QED) is 0.822. The van der Waals surface area contributed by atoms with Crippen molar-refractivity contribution in [3.8, 4) is 0 Å². The van der Waals surface area contributed by atoms with E-state index in [1.165, 1.54) is 0 Å². The normalized spacial score (nSPS) is 10.6. The average molecular weight is 223 g/mol. The minimum atomic E-state index is -2.76. The fraction of sp³-hybridized carbons (Fsp3) is 0.429. The summed E-state index contributed by atoms with van der Waals surface area (Å²) in [5, 5.41) is 2.53. The van der Waals surface area contributed by atoms with Crippen LogP contribution in [0.2, 0.25) is 5.02 Å². The summed E-state index contributed by atoms with van der Waals surface area (Å²) in [4.78, 5) is 7.06. The SMILES string of the molecule is CCNc1nc(N)nc(C(F)F)c1Cl. The van der Waals surface area contributed by atoms with Crippen LogP contribution in [0.5, 0.6) is 0 Å². The van der Waals surface area contributed by atoms with Gasteiger partial charge in [0.15, 0.2) is 5.82 Å². The fourth-order valence-corrected chi connectivity index (χ4v) is 1.15. The van der Waals surface area contributed by atoms with Crippen LogP contribution >= 0.6 is 11.6 Å². The molecule has 0 bridgehead atoms. The van der Waals surface area contributed by atoms with Crippen molar-refractivity contribution in [1.29, 1.82) is 0 Å². The lowest BCUT2D eigenvalue weighted by molar-refractivity contribution is 0.146. The zero-order valence-corrected chi connectivity index (χ0v) is 8.15. The largest absolute Gasteiger partial charge is 0.369 e. The van der Waals surface area contributed by atoms with Gasteiger partial charge in [-0.25, -0.2) is 13.8 Å². The summed E-state index contributed by atoms with van der Waals surface area (Å²) in [5.41, 5.74) is 4.70. The van der Waals surface area contributed by atoms with Crippen molar-refractivity contribution in [2.45, 2.75) is 13.3 Å². The van der Waals surface area contributed by atoms with Crippen molar-refractivity contribution in [3.05, 3.63) is 10.7 Å². The first-order valence-corrected chi connectivity index (χ1v) is 4.29. The second-order valence-corrected chi connectivity index (χ2v) is 2.84. The van der Waals surface area contributed by atoms with E-state index in [2.05, 4.69) is 15.3 Å². The van der Waals surface area contributed by atoms with Crippen LogP contribution in [0, 0.1) is 0 Å². The average Bonchev–Trinajstić information content (AvgIpc) is 2.10. The van der Waals surface area contributed by atoms with Gasteiger partial charge in [-0.15, -0.1) is 0 Å². The number of nitrogens with one attached hydrogen (secondary N) is 1. The lowest BCUT2D eigenvalue weighted by Crippen LogP contribution is -2.07. The molecule has 0 aromatic carbocycles. The molecule has 0 fully saturated rings. The molecule has 4 nitrogen and oxygen atoms in total. The number of aromatic nitrogens is 2. The molecule has 0 unspecified atom stereocenters. The topological polar surface area (TPSA) is 63.8 Å². The first-order valence-electron chi connectivity index (χ1n) is 3.91. The van der Waals surface area contributed by atoms with Gasteiger partial charge in [-0.1, -0.05) is 11.6 Å². The number of halogens is 3. The number of anilines is 2. The molecule has 0 aliphatic carbocycles. The highest BCUT2D eigenvalue weighted by atomic mass is 35.5. The Bertz CT molecular complexity index is 332. The second kappa shape index (κ2) is 4.36. The molecule has 0 aliphatic rings. The highest BCUT2D eigenvalue weighted by molar-refractivity contribution is 6.33. The molecule has 1 rings (SSSR count). The fourth-order valence-electron chi connectivity index (χ4n) is 0.912. The standard InChI is InChI=1S/C7H9ClF2N4/c1-2-12-6-3(8)4(5(9)10)13-7(11)14-6/h5H,2H2,1H3,(H3,11,12,13,14). The molecule has 7 heteroatoms. The van der Waals surface area contributed by atoms with Crippen LogP contribution in [-0.4, -0.2) is 16.5 Å². The van der Waals surface area contributed by atoms with Crippen LogP contribution < -0.4 is 11.1 Å². The van der Waals surface area contributed by atoms with Crippen molar-refractivity contribution in [2.75, 3.05) is 17.6 Å². The minimum Gasteiger partial charge on any atom is -0.369 e. The molecule has 3 N–H and O–H groups in total. The van der Waals surface area contributed by atoms with Gasteiger partial charge >= 0.3 is 0 Å². The third-order valence-electron chi connectivity index (χ3n) is 1.45. The summed E-state index contributed by atoms with van der Waals surface area (Å²) in [6.45, 7) is 2.30. The Kier molecular flexibility index (Phi) is 3.40. The molecule has 0 saturated carbocycles. The van der Waals surface area contributed by atoms with E-state index in [1.807, 2.05) is 0 Å². The van der Waals surface area contributed by atoms with Gasteiger partial charge in [0.05, 0.1) is 0 Å². The summed E-state index contributed by atoms with van der Waals surface area (Å²) in [5.74, 6) is -0.0855. The number of hydrogen-bond acceptors (Lipinski definition) is 4. The van der Waals surface area contributed by atoms with Crippen LogP contribution in [0.1, 0.15) is 19.0 Å². The monoisotopic (exact) mass is 222 g/mol. The van der Waals surface area contributed by atoms with Crippen LogP contribution in [0.4, 0.5) is 20.5 Å². The van der Waals surface area contributed by atoms with Crippen molar-refractivity contribution in [3.63, 3.8) is 0 Å². The number of rotatable bonds is 3. The highest BCUT2D eigenvalue weighted by Gasteiger charge is 2.18. The predicted octanol–water partition coefficient (Wildman–Crippen LogP) is 2.08. The summed E-state index contributed by atoms with van der Waals surface area (Å²) in [6, 6.07) is 0. The number of hydrogen-bond donors (Lipinski definition) is 2. The van der Waals surface area contributed by atoms with Crippen molar-refractivity contribution in [1.82, 2.24) is 9.97 Å². The Morgan fingerprint density at radius 3 is 2.64 bits per heavy atom. The maximum absolute atomic E-state index is 12.4. The third kappa shape index (κ3) is 2.20. The maximum atomic E-state index is 12.4. The molecule has 0 atom stereocenters. The molecule has 1 heterocycles. The molecule has 0 saturated heterocycles. The Hall–Kier alpha value is -1.17. The summed E-state index contributed by atoms with van der Waals surface area (Å²) >= 11 is 5.63. The maximum Gasteiger partial charge on any atom is 0.282 e. The first-order chi connectivity index (χ1) is 6.56. The van der Waals surface area contributed by atoms with Gasteiger partial charge in [0.1, 0.15) is 10.7 Å². The first kappa shape index (κ1) is 10.9. The van der Waals surface area contributed by atoms with Crippen LogP contribution in [0.25, 0.3) is 0 Å². The van der Waals surface area contributed by atoms with Gasteiger partial charge in [0.2, 0.25) is 5.95 Å². The predicted molar refractivity (Wildman–Crippen MR) is 50.6 cm³/mol. The van der Waals surface area contributed by atoms with E-state index in [0.29, 0.717) is 6.54 Å². The minimum absolute atomic E-state index is 0.136. The second-order valence-electron chi connectivity index (χ2n) is 2.46. The zero-order valence-electron chi connectivity index (χ0n) is 7.39. The van der Waals surface area contributed by atoms with Gasteiger partial charge in [0.25, 0.3) is 6.43 Å². The molecule has 0 amide bonds. The van der Waals surface area contributed by atoms with E-state index in [9.17, 15) is 8.78 Å². The molecule has 1 aromatic heterocycles. The Labute approximate surface area is 84.5 Å². The Morgan fingerprint density at radius 2 is 2.14 bits per heavy atom. The summed E-state index contributed by atoms with van der Waals surface area (Å²) in [7, 11) is 0. The molecule has 1 aromatic rings. The molecular formula is C7H9ClF2N4. The van der Waals surface area contributed by atoms with Gasteiger partial charge in [-0.3, -0.25) is 0 Å². The lowest BCUT2D eigenvalue weighted by atomic mass is 10.4. The van der Waals surface area contributed by atoms with Gasteiger partial charge < -0.3 is 11.1 Å². The van der Waals surface area contributed by atoms with Crippen LogP contribution in [-0.2, 0) is 0 Å². The van der Waals surface area contributed by atoms with Gasteiger partial charge in [-0.05, 0) is 6.92 Å². The van der Waals surface area contributed by atoms with E-state index in [0.717, 1.165) is 0 Å². The smallest absolute Gasteiger partial charge is 0.282 e. The number of nitrogens with zero attached hydrogens (tertiary/aromatic N) is 2. The molecule has 0 aliphatic heterocycles. The number of alkyl halides is 2. The number of nitrogen functional groups attached to an aromatic ring is 1.